The number of hydrogen-bond acceptors (Lipinski definition) is 3. The molecular weight excluding hydrogens is 206 g/mol. The first-order chi connectivity index (χ1) is 6.22. The van der Waals surface area contributed by atoms with Crippen molar-refractivity contribution >= 4 is 22.9 Å². The molecule has 1 N–H and O–H groups in total. The van der Waals surface area contributed by atoms with Crippen LogP contribution < -0.4 is 5.32 Å². The lowest BCUT2D eigenvalue weighted by Crippen LogP contribution is -2.25. The summed E-state index contributed by atoms with van der Waals surface area (Å²) >= 11 is 7.46. The molecule has 1 aromatic heterocycles. The molecule has 0 aliphatic heterocycles. The van der Waals surface area contributed by atoms with E-state index in [0.29, 0.717) is 0 Å². The van der Waals surface area contributed by atoms with Gasteiger partial charge in [0, 0.05) is 30.5 Å². The van der Waals surface area contributed by atoms with Gasteiger partial charge in [0.05, 0.1) is 11.1 Å². The first-order valence-electron chi connectivity index (χ1n) is 4.19. The van der Waals surface area contributed by atoms with E-state index in [1.54, 1.807) is 18.4 Å². The van der Waals surface area contributed by atoms with Crippen LogP contribution in [0.5, 0.6) is 0 Å². The molecule has 1 atom stereocenters. The van der Waals surface area contributed by atoms with Crippen molar-refractivity contribution in [3.8, 4) is 0 Å². The van der Waals surface area contributed by atoms with Crippen LogP contribution in [0.15, 0.2) is 11.4 Å². The highest BCUT2D eigenvalue weighted by molar-refractivity contribution is 7.10. The van der Waals surface area contributed by atoms with Gasteiger partial charge in [-0.25, -0.2) is 0 Å². The second-order valence-corrected chi connectivity index (χ2v) is 4.34. The fourth-order valence-corrected chi connectivity index (χ4v) is 1.97. The maximum Gasteiger partial charge on any atom is 0.0667 e. The van der Waals surface area contributed by atoms with Gasteiger partial charge in [-0.15, -0.1) is 11.3 Å². The van der Waals surface area contributed by atoms with Gasteiger partial charge in [-0.05, 0) is 13.0 Å². The lowest BCUT2D eigenvalue weighted by atomic mass is 10.4. The summed E-state index contributed by atoms with van der Waals surface area (Å²) in [5.74, 6) is 0. The van der Waals surface area contributed by atoms with Gasteiger partial charge in [-0.3, -0.25) is 0 Å². The standard InChI is InChI=1S/C9H14ClNOS/c1-7(12-2)4-11-5-9-3-8(10)6-13-9/h3,6-7,11H,4-5H2,1-2H3. The summed E-state index contributed by atoms with van der Waals surface area (Å²) in [4.78, 5) is 1.26. The van der Waals surface area contributed by atoms with E-state index in [1.807, 2.05) is 18.4 Å². The molecule has 1 heterocycles. The average Bonchev–Trinajstić information content (AvgIpc) is 2.51. The SMILES string of the molecule is COC(C)CNCc1cc(Cl)cs1. The van der Waals surface area contributed by atoms with Crippen LogP contribution in [-0.2, 0) is 11.3 Å². The van der Waals surface area contributed by atoms with E-state index in [2.05, 4.69) is 5.32 Å². The Morgan fingerprint density at radius 2 is 2.46 bits per heavy atom. The molecule has 0 saturated heterocycles. The smallest absolute Gasteiger partial charge is 0.0667 e. The zero-order chi connectivity index (χ0) is 9.68. The highest BCUT2D eigenvalue weighted by Crippen LogP contribution is 2.18. The Bertz CT molecular complexity index is 252. The van der Waals surface area contributed by atoms with Crippen LogP contribution in [-0.4, -0.2) is 19.8 Å². The summed E-state index contributed by atoms with van der Waals surface area (Å²) in [5, 5.41) is 6.06. The summed E-state index contributed by atoms with van der Waals surface area (Å²) in [6.07, 6.45) is 0.260. The topological polar surface area (TPSA) is 21.3 Å². The number of thiophene rings is 1. The maximum absolute atomic E-state index is 5.79. The minimum atomic E-state index is 0.260. The van der Waals surface area contributed by atoms with Crippen molar-refractivity contribution in [2.24, 2.45) is 0 Å². The Hall–Kier alpha value is -0.0900. The normalized spacial score (nSPS) is 13.2. The second kappa shape index (κ2) is 5.60. The van der Waals surface area contributed by atoms with Crippen LogP contribution in [0.25, 0.3) is 0 Å². The Morgan fingerprint density at radius 1 is 1.69 bits per heavy atom. The number of halogens is 1. The Labute approximate surface area is 87.9 Å². The number of rotatable bonds is 5. The van der Waals surface area contributed by atoms with E-state index in [-0.39, 0.29) is 6.10 Å². The zero-order valence-corrected chi connectivity index (χ0v) is 9.41. The van der Waals surface area contributed by atoms with Crippen LogP contribution in [0.1, 0.15) is 11.8 Å². The van der Waals surface area contributed by atoms with E-state index >= 15 is 0 Å². The predicted octanol–water partition coefficient (Wildman–Crippen LogP) is 2.53. The summed E-state index contributed by atoms with van der Waals surface area (Å²) in [7, 11) is 1.72. The van der Waals surface area contributed by atoms with Crippen LogP contribution in [0, 0.1) is 0 Å². The van der Waals surface area contributed by atoms with E-state index in [4.69, 9.17) is 16.3 Å². The van der Waals surface area contributed by atoms with Crippen molar-refractivity contribution in [1.82, 2.24) is 5.32 Å². The number of ether oxygens (including phenoxy) is 1. The molecule has 0 radical (unpaired) electrons. The highest BCUT2D eigenvalue weighted by atomic mass is 35.5. The third-order valence-corrected chi connectivity index (χ3v) is 3.04. The van der Waals surface area contributed by atoms with E-state index in [0.717, 1.165) is 18.1 Å². The van der Waals surface area contributed by atoms with E-state index in [1.165, 1.54) is 4.88 Å². The molecule has 0 aliphatic carbocycles. The molecule has 0 spiro atoms. The third-order valence-electron chi connectivity index (χ3n) is 1.76. The van der Waals surface area contributed by atoms with Gasteiger partial charge in [0.2, 0.25) is 0 Å². The van der Waals surface area contributed by atoms with Crippen LogP contribution in [0.3, 0.4) is 0 Å². The number of hydrogen-bond donors (Lipinski definition) is 1. The monoisotopic (exact) mass is 219 g/mol. The van der Waals surface area contributed by atoms with Crippen LogP contribution >= 0.6 is 22.9 Å². The van der Waals surface area contributed by atoms with Crippen molar-refractivity contribution < 1.29 is 4.74 Å². The number of nitrogens with one attached hydrogen (secondary N) is 1. The van der Waals surface area contributed by atoms with Gasteiger partial charge in [0.15, 0.2) is 0 Å². The van der Waals surface area contributed by atoms with Gasteiger partial charge in [-0.2, -0.15) is 0 Å². The highest BCUT2D eigenvalue weighted by Gasteiger charge is 2.00. The summed E-state index contributed by atoms with van der Waals surface area (Å²) in [6.45, 7) is 3.77. The Morgan fingerprint density at radius 3 is 3.00 bits per heavy atom. The maximum atomic E-state index is 5.79. The second-order valence-electron chi connectivity index (χ2n) is 2.91. The Kier molecular flexibility index (Phi) is 4.73. The molecule has 0 bridgehead atoms. The van der Waals surface area contributed by atoms with Gasteiger partial charge in [0.1, 0.15) is 0 Å². The Balaban J connectivity index is 2.20. The van der Waals surface area contributed by atoms with Crippen molar-refractivity contribution in [3.05, 3.63) is 21.3 Å². The van der Waals surface area contributed by atoms with Crippen molar-refractivity contribution in [3.63, 3.8) is 0 Å². The van der Waals surface area contributed by atoms with Gasteiger partial charge < -0.3 is 10.1 Å². The lowest BCUT2D eigenvalue weighted by Gasteiger charge is -2.09. The quantitative estimate of drug-likeness (QED) is 0.822. The molecule has 0 aliphatic rings. The summed E-state index contributed by atoms with van der Waals surface area (Å²) in [6, 6.07) is 1.98. The molecular formula is C9H14ClNOS. The van der Waals surface area contributed by atoms with Crippen molar-refractivity contribution in [1.29, 1.82) is 0 Å². The third kappa shape index (κ3) is 4.09. The van der Waals surface area contributed by atoms with Gasteiger partial charge >= 0.3 is 0 Å². The predicted molar refractivity (Wildman–Crippen MR) is 57.5 cm³/mol. The molecule has 0 fully saturated rings. The van der Waals surface area contributed by atoms with E-state index < -0.39 is 0 Å². The number of methoxy groups -OCH3 is 1. The molecule has 4 heteroatoms. The molecule has 1 aromatic rings. The van der Waals surface area contributed by atoms with Crippen molar-refractivity contribution in [2.75, 3.05) is 13.7 Å². The lowest BCUT2D eigenvalue weighted by molar-refractivity contribution is 0.117. The summed E-state index contributed by atoms with van der Waals surface area (Å²) in [5.41, 5.74) is 0. The van der Waals surface area contributed by atoms with Crippen LogP contribution in [0.4, 0.5) is 0 Å². The van der Waals surface area contributed by atoms with E-state index in [9.17, 15) is 0 Å². The molecule has 74 valence electrons. The van der Waals surface area contributed by atoms with Gasteiger partial charge in [0.25, 0.3) is 0 Å². The van der Waals surface area contributed by atoms with Crippen molar-refractivity contribution in [2.45, 2.75) is 19.6 Å². The summed E-state index contributed by atoms with van der Waals surface area (Å²) < 4.78 is 5.11. The fraction of sp³-hybridized carbons (Fsp3) is 0.556. The fourth-order valence-electron chi connectivity index (χ4n) is 0.928. The first kappa shape index (κ1) is 11.0. The van der Waals surface area contributed by atoms with Crippen LogP contribution in [0.2, 0.25) is 5.02 Å². The molecule has 2 nitrogen and oxygen atoms in total. The molecule has 1 unspecified atom stereocenters. The molecule has 0 aromatic carbocycles. The molecule has 0 saturated carbocycles. The molecule has 13 heavy (non-hydrogen) atoms. The average molecular weight is 220 g/mol. The molecule has 1 rings (SSSR count). The first-order valence-corrected chi connectivity index (χ1v) is 5.44. The molecule has 0 amide bonds. The minimum Gasteiger partial charge on any atom is -0.380 e. The minimum absolute atomic E-state index is 0.260. The largest absolute Gasteiger partial charge is 0.380 e. The zero-order valence-electron chi connectivity index (χ0n) is 7.84. The van der Waals surface area contributed by atoms with Gasteiger partial charge in [-0.1, -0.05) is 11.6 Å².